The van der Waals surface area contributed by atoms with Crippen LogP contribution >= 0.6 is 11.6 Å². The molecule has 6 nitrogen and oxygen atoms in total. The highest BCUT2D eigenvalue weighted by atomic mass is 35.5. The van der Waals surface area contributed by atoms with E-state index in [1.807, 2.05) is 18.2 Å². The molecule has 2 aromatic heterocycles. The number of ether oxygens (including phenoxy) is 1. The molecule has 1 atom stereocenters. The lowest BCUT2D eigenvalue weighted by molar-refractivity contribution is 0.258. The highest BCUT2D eigenvalue weighted by Crippen LogP contribution is 2.34. The molecule has 4 aromatic rings. The summed E-state index contributed by atoms with van der Waals surface area (Å²) in [5.74, 6) is 1.20. The molecule has 0 radical (unpaired) electrons. The summed E-state index contributed by atoms with van der Waals surface area (Å²) in [7, 11) is 0. The van der Waals surface area contributed by atoms with E-state index in [2.05, 4.69) is 19.9 Å². The molecule has 1 unspecified atom stereocenters. The molecule has 1 aliphatic heterocycles. The molecule has 0 saturated heterocycles. The number of nitrogen functional groups attached to an aromatic ring is 1. The summed E-state index contributed by atoms with van der Waals surface area (Å²) in [6, 6.07) is 10.5. The van der Waals surface area contributed by atoms with Gasteiger partial charge in [-0.2, -0.15) is 0 Å². The van der Waals surface area contributed by atoms with Gasteiger partial charge in [0.15, 0.2) is 5.82 Å². The molecule has 5 rings (SSSR count). The number of aromatic nitrogens is 4. The van der Waals surface area contributed by atoms with Crippen LogP contribution in [0, 0.1) is 5.82 Å². The molecule has 0 spiro atoms. The minimum atomic E-state index is -0.424. The SMILES string of the molecule is Nc1nccc(-c2cc(F)c3nc(C4COc5ccc(Cl)cc5C4)[nH]c3c2)n1. The number of hydrogen-bond donors (Lipinski definition) is 2. The fourth-order valence-electron chi connectivity index (χ4n) is 3.51. The predicted molar refractivity (Wildman–Crippen MR) is 105 cm³/mol. The van der Waals surface area contributed by atoms with Gasteiger partial charge < -0.3 is 15.5 Å². The minimum Gasteiger partial charge on any atom is -0.493 e. The Hall–Kier alpha value is -3.19. The number of anilines is 1. The number of imidazole rings is 1. The molecule has 8 heteroatoms. The number of aromatic amines is 1. The zero-order chi connectivity index (χ0) is 19.3. The molecule has 3 N–H and O–H groups in total. The first-order valence-electron chi connectivity index (χ1n) is 8.76. The van der Waals surface area contributed by atoms with Gasteiger partial charge in [0, 0.05) is 16.8 Å². The number of H-pyrrole nitrogens is 1. The van der Waals surface area contributed by atoms with Crippen molar-refractivity contribution in [2.45, 2.75) is 12.3 Å². The second kappa shape index (κ2) is 6.45. The maximum absolute atomic E-state index is 14.7. The predicted octanol–water partition coefficient (Wildman–Crippen LogP) is 4.11. The van der Waals surface area contributed by atoms with Crippen molar-refractivity contribution < 1.29 is 9.13 Å². The number of benzene rings is 2. The number of hydrogen-bond acceptors (Lipinski definition) is 5. The second-order valence-electron chi connectivity index (χ2n) is 6.74. The van der Waals surface area contributed by atoms with Crippen LogP contribution in [-0.4, -0.2) is 26.5 Å². The van der Waals surface area contributed by atoms with Gasteiger partial charge >= 0.3 is 0 Å². The number of nitrogens with zero attached hydrogens (tertiary/aromatic N) is 3. The van der Waals surface area contributed by atoms with Crippen LogP contribution in [0.1, 0.15) is 17.3 Å². The smallest absolute Gasteiger partial charge is 0.220 e. The normalized spacial score (nSPS) is 16.0. The van der Waals surface area contributed by atoms with E-state index >= 15 is 0 Å². The van der Waals surface area contributed by atoms with Gasteiger partial charge in [0.05, 0.1) is 23.7 Å². The summed E-state index contributed by atoms with van der Waals surface area (Å²) in [6.07, 6.45) is 2.26. The van der Waals surface area contributed by atoms with Gasteiger partial charge in [0.25, 0.3) is 0 Å². The number of nitrogens with two attached hydrogens (primary N) is 1. The van der Waals surface area contributed by atoms with E-state index in [4.69, 9.17) is 22.1 Å². The van der Waals surface area contributed by atoms with Crippen molar-refractivity contribution in [3.63, 3.8) is 0 Å². The Morgan fingerprint density at radius 3 is 2.93 bits per heavy atom. The summed E-state index contributed by atoms with van der Waals surface area (Å²) in [5.41, 5.74) is 8.69. The zero-order valence-corrected chi connectivity index (χ0v) is 15.4. The lowest BCUT2D eigenvalue weighted by atomic mass is 9.96. The third-order valence-corrected chi connectivity index (χ3v) is 5.08. The number of halogens is 2. The Bertz CT molecular complexity index is 1210. The fraction of sp³-hybridized carbons (Fsp3) is 0.150. The first-order valence-corrected chi connectivity index (χ1v) is 9.14. The zero-order valence-electron chi connectivity index (χ0n) is 14.6. The quantitative estimate of drug-likeness (QED) is 0.533. The first kappa shape index (κ1) is 16.9. The van der Waals surface area contributed by atoms with E-state index < -0.39 is 5.82 Å². The van der Waals surface area contributed by atoms with Gasteiger partial charge in [-0.15, -0.1) is 0 Å². The largest absolute Gasteiger partial charge is 0.493 e. The molecule has 1 aliphatic rings. The molecular weight excluding hydrogens is 381 g/mol. The third kappa shape index (κ3) is 2.93. The first-order chi connectivity index (χ1) is 13.6. The van der Waals surface area contributed by atoms with Gasteiger partial charge in [-0.1, -0.05) is 11.6 Å². The standard InChI is InChI=1S/C20H15ClFN5O/c21-13-1-2-17-11(6-13)5-12(9-28-17)19-25-16-8-10(7-14(22)18(16)27-19)15-3-4-24-20(23)26-15/h1-4,6-8,12H,5,9H2,(H,25,27)(H2,23,24,26). The number of fused-ring (bicyclic) bond motifs is 2. The molecule has 3 heterocycles. The van der Waals surface area contributed by atoms with Crippen molar-refractivity contribution in [3.8, 4) is 17.0 Å². The van der Waals surface area contributed by atoms with Gasteiger partial charge in [-0.25, -0.2) is 19.3 Å². The van der Waals surface area contributed by atoms with Crippen molar-refractivity contribution >= 4 is 28.6 Å². The van der Waals surface area contributed by atoms with E-state index in [0.29, 0.717) is 40.6 Å². The molecule has 28 heavy (non-hydrogen) atoms. The van der Waals surface area contributed by atoms with Crippen LogP contribution in [0.5, 0.6) is 5.75 Å². The molecule has 2 aromatic carbocycles. The van der Waals surface area contributed by atoms with Crippen molar-refractivity contribution in [1.29, 1.82) is 0 Å². The number of rotatable bonds is 2. The van der Waals surface area contributed by atoms with E-state index in [1.165, 1.54) is 6.07 Å². The topological polar surface area (TPSA) is 89.7 Å². The lowest BCUT2D eigenvalue weighted by Gasteiger charge is -2.24. The highest BCUT2D eigenvalue weighted by molar-refractivity contribution is 6.30. The second-order valence-corrected chi connectivity index (χ2v) is 7.18. The van der Waals surface area contributed by atoms with Gasteiger partial charge in [0.2, 0.25) is 5.95 Å². The summed E-state index contributed by atoms with van der Waals surface area (Å²) < 4.78 is 20.5. The summed E-state index contributed by atoms with van der Waals surface area (Å²) >= 11 is 6.09. The van der Waals surface area contributed by atoms with E-state index in [-0.39, 0.29) is 17.4 Å². The van der Waals surface area contributed by atoms with Gasteiger partial charge in [-0.3, -0.25) is 0 Å². The summed E-state index contributed by atoms with van der Waals surface area (Å²) in [5, 5.41) is 0.660. The average molecular weight is 396 g/mol. The van der Waals surface area contributed by atoms with Crippen LogP contribution in [0.3, 0.4) is 0 Å². The van der Waals surface area contributed by atoms with Gasteiger partial charge in [0.1, 0.15) is 17.1 Å². The van der Waals surface area contributed by atoms with E-state index in [9.17, 15) is 4.39 Å². The highest BCUT2D eigenvalue weighted by Gasteiger charge is 2.25. The molecule has 0 fully saturated rings. The third-order valence-electron chi connectivity index (χ3n) is 4.84. The minimum absolute atomic E-state index is 0.0177. The van der Waals surface area contributed by atoms with Crippen LogP contribution in [-0.2, 0) is 6.42 Å². The maximum Gasteiger partial charge on any atom is 0.220 e. The molecule has 0 aliphatic carbocycles. The molecule has 0 saturated carbocycles. The van der Waals surface area contributed by atoms with Crippen LogP contribution in [0.25, 0.3) is 22.3 Å². The van der Waals surface area contributed by atoms with Crippen molar-refractivity contribution in [3.05, 3.63) is 64.8 Å². The Labute approximate surface area is 164 Å². The van der Waals surface area contributed by atoms with Crippen LogP contribution in [0.15, 0.2) is 42.6 Å². The van der Waals surface area contributed by atoms with Crippen molar-refractivity contribution in [2.75, 3.05) is 12.3 Å². The van der Waals surface area contributed by atoms with Crippen LogP contribution < -0.4 is 10.5 Å². The van der Waals surface area contributed by atoms with Crippen molar-refractivity contribution in [2.24, 2.45) is 0 Å². The van der Waals surface area contributed by atoms with E-state index in [0.717, 1.165) is 11.3 Å². The molecule has 140 valence electrons. The summed E-state index contributed by atoms with van der Waals surface area (Å²) in [4.78, 5) is 15.7. The Morgan fingerprint density at radius 1 is 1.18 bits per heavy atom. The lowest BCUT2D eigenvalue weighted by Crippen LogP contribution is -2.20. The van der Waals surface area contributed by atoms with Crippen LogP contribution in [0.4, 0.5) is 10.3 Å². The monoisotopic (exact) mass is 395 g/mol. The number of nitrogens with one attached hydrogen (secondary N) is 1. The van der Waals surface area contributed by atoms with Gasteiger partial charge in [-0.05, 0) is 48.4 Å². The van der Waals surface area contributed by atoms with Crippen LogP contribution in [0.2, 0.25) is 5.02 Å². The fourth-order valence-corrected chi connectivity index (χ4v) is 3.70. The Kier molecular flexibility index (Phi) is 3.91. The summed E-state index contributed by atoms with van der Waals surface area (Å²) in [6.45, 7) is 0.464. The molecular formula is C20H15ClFN5O. The maximum atomic E-state index is 14.7. The molecule has 0 amide bonds. The average Bonchev–Trinajstić information content (AvgIpc) is 3.12. The Morgan fingerprint density at radius 2 is 2.07 bits per heavy atom. The Balaban J connectivity index is 1.53. The van der Waals surface area contributed by atoms with E-state index in [1.54, 1.807) is 18.3 Å². The van der Waals surface area contributed by atoms with Crippen molar-refractivity contribution in [1.82, 2.24) is 19.9 Å². The molecule has 0 bridgehead atoms.